The minimum atomic E-state index is -0.455. The highest BCUT2D eigenvalue weighted by Crippen LogP contribution is 2.32. The molecule has 6 heteroatoms. The van der Waals surface area contributed by atoms with Gasteiger partial charge < -0.3 is 14.4 Å². The van der Waals surface area contributed by atoms with Crippen LogP contribution in [0.5, 0.6) is 0 Å². The summed E-state index contributed by atoms with van der Waals surface area (Å²) in [6, 6.07) is 10.6. The second-order valence-corrected chi connectivity index (χ2v) is 9.81. The minimum Gasteiger partial charge on any atom is -0.444 e. The molecule has 2 aromatic carbocycles. The molecule has 4 nitrogen and oxygen atoms in total. The highest BCUT2D eigenvalue weighted by Gasteiger charge is 2.27. The van der Waals surface area contributed by atoms with Crippen molar-refractivity contribution in [2.75, 3.05) is 13.1 Å². The third-order valence-corrected chi connectivity index (χ3v) is 6.46. The Labute approximate surface area is 182 Å². The normalized spacial score (nSPS) is 16.0. The van der Waals surface area contributed by atoms with Gasteiger partial charge >= 0.3 is 6.09 Å². The number of benzene rings is 2. The fraction of sp³-hybridized carbons (Fsp3) is 0.476. The number of carbonyl (C=O) groups is 1. The SMILES string of the molecule is CC(C)(C)OC(=O)N1CCC(OCc2c(I)cc3ccccc3c2Br)CC1. The Hall–Kier alpha value is -0.860. The van der Waals surface area contributed by atoms with Crippen molar-refractivity contribution in [1.82, 2.24) is 4.90 Å². The molecule has 1 saturated heterocycles. The van der Waals surface area contributed by atoms with E-state index >= 15 is 0 Å². The zero-order valence-corrected chi connectivity index (χ0v) is 19.7. The van der Waals surface area contributed by atoms with E-state index in [1.807, 2.05) is 20.8 Å². The Morgan fingerprint density at radius 3 is 2.59 bits per heavy atom. The van der Waals surface area contributed by atoms with E-state index in [1.165, 1.54) is 19.9 Å². The molecule has 0 saturated carbocycles. The van der Waals surface area contributed by atoms with E-state index in [0.29, 0.717) is 19.7 Å². The number of nitrogens with zero attached hydrogens (tertiary/aromatic N) is 1. The highest BCUT2D eigenvalue weighted by atomic mass is 127. The van der Waals surface area contributed by atoms with Crippen LogP contribution < -0.4 is 0 Å². The summed E-state index contributed by atoms with van der Waals surface area (Å²) >= 11 is 6.13. The van der Waals surface area contributed by atoms with Gasteiger partial charge in [0, 0.05) is 26.7 Å². The van der Waals surface area contributed by atoms with E-state index < -0.39 is 5.60 Å². The van der Waals surface area contributed by atoms with Crippen LogP contribution in [0.4, 0.5) is 4.79 Å². The van der Waals surface area contributed by atoms with Crippen LogP contribution in [-0.2, 0) is 16.1 Å². The van der Waals surface area contributed by atoms with E-state index in [4.69, 9.17) is 9.47 Å². The molecular formula is C21H25BrINO3. The van der Waals surface area contributed by atoms with E-state index in [0.717, 1.165) is 17.3 Å². The van der Waals surface area contributed by atoms with Crippen LogP contribution in [0.1, 0.15) is 39.2 Å². The molecule has 0 spiro atoms. The van der Waals surface area contributed by atoms with Crippen LogP contribution in [0.2, 0.25) is 0 Å². The summed E-state index contributed by atoms with van der Waals surface area (Å²) in [4.78, 5) is 13.9. The molecule has 0 unspecified atom stereocenters. The standard InChI is InChI=1S/C21H25BrINO3/c1-21(2,3)27-20(25)24-10-8-15(9-11-24)26-13-17-18(23)12-14-6-4-5-7-16(14)19(17)22/h4-7,12,15H,8-11,13H2,1-3H3. The first-order valence-electron chi connectivity index (χ1n) is 9.20. The zero-order chi connectivity index (χ0) is 19.6. The summed E-state index contributed by atoms with van der Waals surface area (Å²) < 4.78 is 14.0. The molecular weight excluding hydrogens is 521 g/mol. The molecule has 1 heterocycles. The summed E-state index contributed by atoms with van der Waals surface area (Å²) in [5.74, 6) is 0. The van der Waals surface area contributed by atoms with Crippen molar-refractivity contribution in [3.8, 4) is 0 Å². The number of hydrogen-bond acceptors (Lipinski definition) is 3. The summed E-state index contributed by atoms with van der Waals surface area (Å²) in [6.45, 7) is 7.60. The van der Waals surface area contributed by atoms with Gasteiger partial charge in [-0.05, 0) is 89.0 Å². The highest BCUT2D eigenvalue weighted by molar-refractivity contribution is 14.1. The molecule has 0 aliphatic carbocycles. The predicted octanol–water partition coefficient (Wildman–Crippen LogP) is 6.12. The molecule has 0 bridgehead atoms. The fourth-order valence-electron chi connectivity index (χ4n) is 3.18. The molecule has 0 N–H and O–H groups in total. The Kier molecular flexibility index (Phi) is 6.69. The molecule has 27 heavy (non-hydrogen) atoms. The maximum Gasteiger partial charge on any atom is 0.410 e. The lowest BCUT2D eigenvalue weighted by Gasteiger charge is -2.33. The van der Waals surface area contributed by atoms with Gasteiger partial charge in [0.25, 0.3) is 0 Å². The number of hydrogen-bond donors (Lipinski definition) is 0. The summed E-state index contributed by atoms with van der Waals surface area (Å²) in [6.07, 6.45) is 1.60. The molecule has 146 valence electrons. The van der Waals surface area contributed by atoms with Crippen molar-refractivity contribution in [2.24, 2.45) is 0 Å². The van der Waals surface area contributed by atoms with Gasteiger partial charge in [-0.1, -0.05) is 24.3 Å². The monoisotopic (exact) mass is 545 g/mol. The number of carbonyl (C=O) groups excluding carboxylic acids is 1. The summed E-state index contributed by atoms with van der Waals surface area (Å²) in [7, 11) is 0. The van der Waals surface area contributed by atoms with Crippen molar-refractivity contribution in [1.29, 1.82) is 0 Å². The first-order valence-corrected chi connectivity index (χ1v) is 11.1. The van der Waals surface area contributed by atoms with E-state index in [-0.39, 0.29) is 12.2 Å². The van der Waals surface area contributed by atoms with Crippen LogP contribution in [-0.4, -0.2) is 35.8 Å². The van der Waals surface area contributed by atoms with Gasteiger partial charge in [-0.25, -0.2) is 4.79 Å². The Morgan fingerprint density at radius 2 is 1.93 bits per heavy atom. The summed E-state index contributed by atoms with van der Waals surface area (Å²) in [5, 5.41) is 2.43. The third-order valence-electron chi connectivity index (χ3n) is 4.59. The average Bonchev–Trinajstić information content (AvgIpc) is 2.60. The second-order valence-electron chi connectivity index (χ2n) is 7.85. The molecule has 3 rings (SSSR count). The number of halogens is 2. The molecule has 0 atom stereocenters. The first kappa shape index (κ1) is 20.9. The smallest absolute Gasteiger partial charge is 0.410 e. The molecule has 1 aliphatic rings. The van der Waals surface area contributed by atoms with Crippen molar-refractivity contribution < 1.29 is 14.3 Å². The van der Waals surface area contributed by atoms with Crippen LogP contribution in [0.15, 0.2) is 34.8 Å². The van der Waals surface area contributed by atoms with Crippen molar-refractivity contribution in [3.63, 3.8) is 0 Å². The van der Waals surface area contributed by atoms with Gasteiger partial charge in [-0.3, -0.25) is 0 Å². The van der Waals surface area contributed by atoms with Gasteiger partial charge in [-0.15, -0.1) is 0 Å². The number of likely N-dealkylation sites (tertiary alicyclic amines) is 1. The van der Waals surface area contributed by atoms with Crippen LogP contribution >= 0.6 is 38.5 Å². The molecule has 1 aliphatic heterocycles. The lowest BCUT2D eigenvalue weighted by atomic mass is 10.1. The Morgan fingerprint density at radius 1 is 1.26 bits per heavy atom. The van der Waals surface area contributed by atoms with Crippen LogP contribution in [0.3, 0.4) is 0 Å². The first-order chi connectivity index (χ1) is 12.7. The third kappa shape index (κ3) is 5.35. The molecule has 1 amide bonds. The second kappa shape index (κ2) is 8.66. The lowest BCUT2D eigenvalue weighted by Crippen LogP contribution is -2.43. The summed E-state index contributed by atoms with van der Waals surface area (Å²) in [5.41, 5.74) is 0.729. The topological polar surface area (TPSA) is 38.8 Å². The van der Waals surface area contributed by atoms with E-state index in [1.54, 1.807) is 4.90 Å². The zero-order valence-electron chi connectivity index (χ0n) is 15.9. The maximum absolute atomic E-state index is 12.2. The van der Waals surface area contributed by atoms with Crippen molar-refractivity contribution in [2.45, 2.75) is 51.9 Å². The van der Waals surface area contributed by atoms with Crippen molar-refractivity contribution >= 4 is 55.4 Å². The molecule has 0 aromatic heterocycles. The van der Waals surface area contributed by atoms with Crippen LogP contribution in [0.25, 0.3) is 10.8 Å². The number of ether oxygens (including phenoxy) is 2. The Balaban J connectivity index is 1.58. The van der Waals surface area contributed by atoms with Gasteiger partial charge in [-0.2, -0.15) is 0 Å². The van der Waals surface area contributed by atoms with Gasteiger partial charge in [0.2, 0.25) is 0 Å². The van der Waals surface area contributed by atoms with Gasteiger partial charge in [0.15, 0.2) is 0 Å². The maximum atomic E-state index is 12.2. The predicted molar refractivity (Wildman–Crippen MR) is 120 cm³/mol. The van der Waals surface area contributed by atoms with Gasteiger partial charge in [0.1, 0.15) is 5.60 Å². The van der Waals surface area contributed by atoms with Gasteiger partial charge in [0.05, 0.1) is 12.7 Å². The molecule has 0 radical (unpaired) electrons. The van der Waals surface area contributed by atoms with E-state index in [9.17, 15) is 4.79 Å². The molecule has 2 aromatic rings. The molecule has 1 fully saturated rings. The number of piperidine rings is 1. The lowest BCUT2D eigenvalue weighted by molar-refractivity contribution is -0.0172. The number of amides is 1. The minimum absolute atomic E-state index is 0.165. The Bertz CT molecular complexity index is 826. The van der Waals surface area contributed by atoms with E-state index in [2.05, 4.69) is 68.9 Å². The number of rotatable bonds is 3. The average molecular weight is 546 g/mol. The number of fused-ring (bicyclic) bond motifs is 1. The quantitative estimate of drug-likeness (QED) is 0.436. The fourth-order valence-corrected chi connectivity index (χ4v) is 5.00. The largest absolute Gasteiger partial charge is 0.444 e. The van der Waals surface area contributed by atoms with Crippen molar-refractivity contribution in [3.05, 3.63) is 43.9 Å². The van der Waals surface area contributed by atoms with Crippen LogP contribution in [0, 0.1) is 3.57 Å².